The first-order valence-electron chi connectivity index (χ1n) is 5.49. The minimum atomic E-state index is -0.192. The van der Waals surface area contributed by atoms with Crippen LogP contribution >= 0.6 is 38.9 Å². The fourth-order valence-corrected chi connectivity index (χ4v) is 3.07. The van der Waals surface area contributed by atoms with Crippen molar-refractivity contribution < 1.29 is 4.39 Å². The lowest BCUT2D eigenvalue weighted by molar-refractivity contribution is 0.530. The van der Waals surface area contributed by atoms with Crippen LogP contribution in [0.25, 0.3) is 0 Å². The average Bonchev–Trinajstić information content (AvgIpc) is 2.75. The molecule has 0 fully saturated rings. The van der Waals surface area contributed by atoms with Crippen LogP contribution < -0.4 is 5.32 Å². The molecule has 5 heteroatoms. The molecule has 0 bridgehead atoms. The van der Waals surface area contributed by atoms with E-state index in [-0.39, 0.29) is 11.9 Å². The van der Waals surface area contributed by atoms with E-state index in [1.54, 1.807) is 12.1 Å². The molecule has 18 heavy (non-hydrogen) atoms. The van der Waals surface area contributed by atoms with E-state index in [0.717, 1.165) is 13.7 Å². The van der Waals surface area contributed by atoms with Crippen LogP contribution in [-0.4, -0.2) is 0 Å². The van der Waals surface area contributed by atoms with E-state index >= 15 is 0 Å². The first-order chi connectivity index (χ1) is 8.56. The normalized spacial score (nSPS) is 12.7. The summed E-state index contributed by atoms with van der Waals surface area (Å²) >= 11 is 10.7. The summed E-state index contributed by atoms with van der Waals surface area (Å²) in [6.45, 7) is 2.63. The third-order valence-electron chi connectivity index (χ3n) is 2.64. The quantitative estimate of drug-likeness (QED) is 0.805. The Hall–Kier alpha value is -0.420. The second-order valence-corrected chi connectivity index (χ2v) is 6.69. The van der Waals surface area contributed by atoms with Crippen molar-refractivity contribution in [2.45, 2.75) is 19.5 Å². The maximum absolute atomic E-state index is 13.7. The Morgan fingerprint density at radius 2 is 2.17 bits per heavy atom. The van der Waals surface area contributed by atoms with Crippen molar-refractivity contribution in [2.75, 3.05) is 0 Å². The molecule has 1 unspecified atom stereocenters. The molecule has 1 atom stereocenters. The molecule has 0 aliphatic heterocycles. The Balaban J connectivity index is 2.03. The molecule has 0 radical (unpaired) electrons. The van der Waals surface area contributed by atoms with Gasteiger partial charge in [0, 0.05) is 27.5 Å². The Morgan fingerprint density at radius 1 is 1.39 bits per heavy atom. The van der Waals surface area contributed by atoms with Gasteiger partial charge in [0.2, 0.25) is 0 Å². The van der Waals surface area contributed by atoms with E-state index in [9.17, 15) is 4.39 Å². The molecule has 1 heterocycles. The molecule has 2 aromatic rings. The van der Waals surface area contributed by atoms with Gasteiger partial charge in [-0.3, -0.25) is 0 Å². The number of hydrogen-bond acceptors (Lipinski definition) is 2. The lowest BCUT2D eigenvalue weighted by atomic mass is 10.1. The average molecular weight is 349 g/mol. The molecular weight excluding hydrogens is 337 g/mol. The maximum atomic E-state index is 13.7. The van der Waals surface area contributed by atoms with Crippen LogP contribution in [0.5, 0.6) is 0 Å². The largest absolute Gasteiger partial charge is 0.305 e. The summed E-state index contributed by atoms with van der Waals surface area (Å²) in [4.78, 5) is 1.14. The van der Waals surface area contributed by atoms with Crippen molar-refractivity contribution in [1.29, 1.82) is 0 Å². The summed E-state index contributed by atoms with van der Waals surface area (Å²) in [6, 6.07) is 8.76. The highest BCUT2D eigenvalue weighted by atomic mass is 79.9. The highest BCUT2D eigenvalue weighted by Gasteiger charge is 2.11. The van der Waals surface area contributed by atoms with Gasteiger partial charge in [0.1, 0.15) is 5.82 Å². The zero-order valence-corrected chi connectivity index (χ0v) is 12.9. The molecule has 0 aliphatic carbocycles. The van der Waals surface area contributed by atoms with Crippen LogP contribution in [0.3, 0.4) is 0 Å². The van der Waals surface area contributed by atoms with Gasteiger partial charge in [-0.2, -0.15) is 0 Å². The second-order valence-electron chi connectivity index (χ2n) is 3.97. The Morgan fingerprint density at radius 3 is 2.83 bits per heavy atom. The number of nitrogens with one attached hydrogen (secondary N) is 1. The first-order valence-corrected chi connectivity index (χ1v) is 7.47. The van der Waals surface area contributed by atoms with Crippen LogP contribution in [0.1, 0.15) is 23.4 Å². The molecule has 1 nitrogen and oxygen atoms in total. The monoisotopic (exact) mass is 347 g/mol. The molecule has 96 valence electrons. The summed E-state index contributed by atoms with van der Waals surface area (Å²) in [6.07, 6.45) is 0. The maximum Gasteiger partial charge on any atom is 0.128 e. The van der Waals surface area contributed by atoms with Crippen molar-refractivity contribution in [2.24, 2.45) is 0 Å². The number of thiophene rings is 1. The number of rotatable bonds is 4. The molecule has 0 saturated carbocycles. The molecule has 0 amide bonds. The number of hydrogen-bond donors (Lipinski definition) is 1. The van der Waals surface area contributed by atoms with E-state index in [1.165, 1.54) is 17.4 Å². The summed E-state index contributed by atoms with van der Waals surface area (Å²) in [5.74, 6) is -0.192. The summed E-state index contributed by atoms with van der Waals surface area (Å²) in [5, 5.41) is 3.29. The summed E-state index contributed by atoms with van der Waals surface area (Å²) in [5.41, 5.74) is 0.659. The molecule has 1 aromatic carbocycles. The van der Waals surface area contributed by atoms with Gasteiger partial charge >= 0.3 is 0 Å². The predicted octanol–water partition coefficient (Wildman–Crippen LogP) is 5.15. The van der Waals surface area contributed by atoms with Crippen LogP contribution in [-0.2, 0) is 6.54 Å². The Bertz CT molecular complexity index is 544. The van der Waals surface area contributed by atoms with E-state index in [4.69, 9.17) is 11.6 Å². The number of halogens is 3. The van der Waals surface area contributed by atoms with Gasteiger partial charge in [0.05, 0.1) is 4.34 Å². The lowest BCUT2D eigenvalue weighted by Crippen LogP contribution is -2.18. The van der Waals surface area contributed by atoms with Gasteiger partial charge in [-0.15, -0.1) is 11.3 Å². The Kier molecular flexibility index (Phi) is 4.78. The van der Waals surface area contributed by atoms with Crippen molar-refractivity contribution >= 4 is 38.9 Å². The summed E-state index contributed by atoms with van der Waals surface area (Å²) < 4.78 is 15.3. The topological polar surface area (TPSA) is 12.0 Å². The Labute approximate surface area is 123 Å². The van der Waals surface area contributed by atoms with Gasteiger partial charge in [-0.1, -0.05) is 27.5 Å². The molecule has 0 saturated heterocycles. The predicted molar refractivity (Wildman–Crippen MR) is 78.7 cm³/mol. The second kappa shape index (κ2) is 6.15. The van der Waals surface area contributed by atoms with Crippen molar-refractivity contribution in [3.63, 3.8) is 0 Å². The SMILES string of the molecule is CC(NCc1ccc(Cl)s1)c1cc(Br)ccc1F. The van der Waals surface area contributed by atoms with Crippen LogP contribution in [0.15, 0.2) is 34.8 Å². The molecule has 1 aromatic heterocycles. The van der Waals surface area contributed by atoms with Gasteiger partial charge in [0.25, 0.3) is 0 Å². The van der Waals surface area contributed by atoms with Gasteiger partial charge in [0.15, 0.2) is 0 Å². The lowest BCUT2D eigenvalue weighted by Gasteiger charge is -2.14. The van der Waals surface area contributed by atoms with Gasteiger partial charge < -0.3 is 5.32 Å². The third-order valence-corrected chi connectivity index (χ3v) is 4.36. The molecule has 0 spiro atoms. The highest BCUT2D eigenvalue weighted by molar-refractivity contribution is 9.10. The van der Waals surface area contributed by atoms with Crippen LogP contribution in [0.4, 0.5) is 4.39 Å². The van der Waals surface area contributed by atoms with Crippen molar-refractivity contribution in [3.8, 4) is 0 Å². The highest BCUT2D eigenvalue weighted by Crippen LogP contribution is 2.24. The molecule has 1 N–H and O–H groups in total. The van der Waals surface area contributed by atoms with Gasteiger partial charge in [-0.25, -0.2) is 4.39 Å². The molecule has 2 rings (SSSR count). The number of benzene rings is 1. The fraction of sp³-hybridized carbons (Fsp3) is 0.231. The minimum absolute atomic E-state index is 0.0524. The zero-order chi connectivity index (χ0) is 13.1. The minimum Gasteiger partial charge on any atom is -0.305 e. The van der Waals surface area contributed by atoms with Crippen LogP contribution in [0, 0.1) is 5.82 Å². The van der Waals surface area contributed by atoms with Crippen LogP contribution in [0.2, 0.25) is 4.34 Å². The van der Waals surface area contributed by atoms with Crippen molar-refractivity contribution in [3.05, 3.63) is 55.4 Å². The van der Waals surface area contributed by atoms with E-state index < -0.39 is 0 Å². The summed E-state index contributed by atoms with van der Waals surface area (Å²) in [7, 11) is 0. The zero-order valence-electron chi connectivity index (χ0n) is 9.71. The van der Waals surface area contributed by atoms with E-state index in [1.807, 2.05) is 19.1 Å². The molecular formula is C13H12BrClFNS. The molecule has 0 aliphatic rings. The van der Waals surface area contributed by atoms with E-state index in [0.29, 0.717) is 12.1 Å². The fourth-order valence-electron chi connectivity index (χ4n) is 1.66. The standard InChI is InChI=1S/C13H12BrClFNS/c1-8(11-6-9(14)2-4-12(11)16)17-7-10-3-5-13(15)18-10/h2-6,8,17H,7H2,1H3. The van der Waals surface area contributed by atoms with Crippen molar-refractivity contribution in [1.82, 2.24) is 5.32 Å². The smallest absolute Gasteiger partial charge is 0.128 e. The first kappa shape index (κ1) is 14.0. The van der Waals surface area contributed by atoms with Gasteiger partial charge in [-0.05, 0) is 37.3 Å². The third kappa shape index (κ3) is 3.54. The van der Waals surface area contributed by atoms with E-state index in [2.05, 4.69) is 21.2 Å².